The van der Waals surface area contributed by atoms with E-state index >= 15 is 0 Å². The molecule has 0 spiro atoms. The average molecular weight is 451 g/mol. The van der Waals surface area contributed by atoms with Gasteiger partial charge in [-0.1, -0.05) is 55.3 Å². The summed E-state index contributed by atoms with van der Waals surface area (Å²) < 4.78 is 13.8. The van der Waals surface area contributed by atoms with Gasteiger partial charge in [0.2, 0.25) is 11.8 Å². The maximum Gasteiger partial charge on any atom is 0.242 e. The van der Waals surface area contributed by atoms with Gasteiger partial charge in [-0.25, -0.2) is 4.39 Å². The Hall–Kier alpha value is -2.05. The Morgan fingerprint density at radius 3 is 2.53 bits per heavy atom. The number of carbonyl (C=O) groups is 2. The van der Waals surface area contributed by atoms with E-state index in [1.54, 1.807) is 42.2 Å². The Kier molecular flexibility index (Phi) is 10.2. The molecule has 0 heterocycles. The van der Waals surface area contributed by atoms with Gasteiger partial charge >= 0.3 is 0 Å². The Morgan fingerprint density at radius 2 is 1.87 bits per heavy atom. The van der Waals surface area contributed by atoms with Crippen LogP contribution in [0.15, 0.2) is 48.5 Å². The summed E-state index contributed by atoms with van der Waals surface area (Å²) >= 11 is 7.29. The summed E-state index contributed by atoms with van der Waals surface area (Å²) in [5.41, 5.74) is 1.45. The first-order valence-electron chi connectivity index (χ1n) is 10.0. The van der Waals surface area contributed by atoms with Crippen molar-refractivity contribution in [1.29, 1.82) is 0 Å². The molecule has 4 nitrogen and oxygen atoms in total. The second-order valence-electron chi connectivity index (χ2n) is 7.05. The fourth-order valence-electron chi connectivity index (χ4n) is 2.85. The third kappa shape index (κ3) is 7.65. The minimum absolute atomic E-state index is 0.161. The molecule has 162 valence electrons. The van der Waals surface area contributed by atoms with Crippen LogP contribution in [0.25, 0.3) is 0 Å². The monoisotopic (exact) mass is 450 g/mol. The van der Waals surface area contributed by atoms with Crippen LogP contribution in [0.1, 0.15) is 37.8 Å². The van der Waals surface area contributed by atoms with Gasteiger partial charge < -0.3 is 10.2 Å². The normalized spacial score (nSPS) is 11.7. The zero-order chi connectivity index (χ0) is 21.9. The maximum absolute atomic E-state index is 13.8. The van der Waals surface area contributed by atoms with Gasteiger partial charge in [-0.3, -0.25) is 9.59 Å². The van der Waals surface area contributed by atoms with Gasteiger partial charge in [0.05, 0.1) is 5.75 Å². The third-order valence-corrected chi connectivity index (χ3v) is 5.92. The molecule has 0 aliphatic carbocycles. The Labute approximate surface area is 187 Å². The quantitative estimate of drug-likeness (QED) is 0.487. The van der Waals surface area contributed by atoms with Crippen LogP contribution in [0, 0.1) is 5.82 Å². The Balaban J connectivity index is 2.04. The van der Waals surface area contributed by atoms with Gasteiger partial charge in [0.1, 0.15) is 11.9 Å². The molecule has 2 rings (SSSR count). The number of nitrogens with one attached hydrogen (secondary N) is 1. The van der Waals surface area contributed by atoms with Crippen molar-refractivity contribution >= 4 is 35.2 Å². The summed E-state index contributed by atoms with van der Waals surface area (Å²) in [7, 11) is 0. The highest BCUT2D eigenvalue weighted by atomic mass is 35.5. The smallest absolute Gasteiger partial charge is 0.242 e. The standard InChI is InChI=1S/C23H28ClFN2O2S/c1-3-4-13-26-23(29)17(2)27(14-18-9-11-20(24)12-10-18)22(28)16-30-15-19-7-5-6-8-21(19)25/h5-12,17H,3-4,13-16H2,1-2H3,(H,26,29). The van der Waals surface area contributed by atoms with Crippen LogP contribution in [0.5, 0.6) is 0 Å². The molecule has 7 heteroatoms. The molecular weight excluding hydrogens is 423 g/mol. The van der Waals surface area contributed by atoms with Crippen molar-refractivity contribution in [2.45, 2.75) is 45.0 Å². The lowest BCUT2D eigenvalue weighted by Gasteiger charge is -2.29. The van der Waals surface area contributed by atoms with Crippen molar-refractivity contribution in [2.24, 2.45) is 0 Å². The van der Waals surface area contributed by atoms with Crippen LogP contribution >= 0.6 is 23.4 Å². The van der Waals surface area contributed by atoms with E-state index in [0.717, 1.165) is 18.4 Å². The molecule has 0 fully saturated rings. The molecule has 0 aliphatic heterocycles. The van der Waals surface area contributed by atoms with Crippen LogP contribution in [0.4, 0.5) is 4.39 Å². The van der Waals surface area contributed by atoms with Gasteiger partial charge in [-0.05, 0) is 42.7 Å². The minimum Gasteiger partial charge on any atom is -0.354 e. The Bertz CT molecular complexity index is 832. The average Bonchev–Trinajstić information content (AvgIpc) is 2.74. The van der Waals surface area contributed by atoms with Crippen molar-refractivity contribution in [3.05, 3.63) is 70.5 Å². The molecule has 1 unspecified atom stereocenters. The van der Waals surface area contributed by atoms with Crippen molar-refractivity contribution in [3.63, 3.8) is 0 Å². The topological polar surface area (TPSA) is 49.4 Å². The van der Waals surface area contributed by atoms with Crippen LogP contribution < -0.4 is 5.32 Å². The number of benzene rings is 2. The minimum atomic E-state index is -0.612. The van der Waals surface area contributed by atoms with E-state index in [0.29, 0.717) is 29.4 Å². The van der Waals surface area contributed by atoms with Crippen molar-refractivity contribution in [3.8, 4) is 0 Å². The summed E-state index contributed by atoms with van der Waals surface area (Å²) in [4.78, 5) is 27.1. The van der Waals surface area contributed by atoms with E-state index in [9.17, 15) is 14.0 Å². The zero-order valence-electron chi connectivity index (χ0n) is 17.4. The summed E-state index contributed by atoms with van der Waals surface area (Å²) in [5.74, 6) is -0.0628. The molecule has 2 aromatic carbocycles. The molecule has 1 atom stereocenters. The molecule has 30 heavy (non-hydrogen) atoms. The number of hydrogen-bond donors (Lipinski definition) is 1. The molecule has 1 N–H and O–H groups in total. The first-order valence-corrected chi connectivity index (χ1v) is 11.6. The number of halogens is 2. The lowest BCUT2D eigenvalue weighted by Crippen LogP contribution is -2.48. The number of hydrogen-bond acceptors (Lipinski definition) is 3. The lowest BCUT2D eigenvalue weighted by molar-refractivity contribution is -0.138. The largest absolute Gasteiger partial charge is 0.354 e. The highest BCUT2D eigenvalue weighted by Gasteiger charge is 2.25. The molecule has 2 amide bonds. The maximum atomic E-state index is 13.8. The molecule has 0 saturated carbocycles. The van der Waals surface area contributed by atoms with E-state index < -0.39 is 6.04 Å². The first kappa shape index (κ1) is 24.2. The van der Waals surface area contributed by atoms with Gasteiger partial charge in [0.25, 0.3) is 0 Å². The number of amides is 2. The fourth-order valence-corrected chi connectivity index (χ4v) is 3.87. The molecular formula is C23H28ClFN2O2S. The fraction of sp³-hybridized carbons (Fsp3) is 0.391. The van der Waals surface area contributed by atoms with Gasteiger partial charge in [0, 0.05) is 23.9 Å². The van der Waals surface area contributed by atoms with E-state index in [4.69, 9.17) is 11.6 Å². The first-order chi connectivity index (χ1) is 14.4. The molecule has 0 aromatic heterocycles. The van der Waals surface area contributed by atoms with Crippen molar-refractivity contribution < 1.29 is 14.0 Å². The summed E-state index contributed by atoms with van der Waals surface area (Å²) in [6.07, 6.45) is 1.87. The van der Waals surface area contributed by atoms with E-state index in [-0.39, 0.29) is 23.4 Å². The summed E-state index contributed by atoms with van der Waals surface area (Å²) in [5, 5.41) is 3.51. The van der Waals surface area contributed by atoms with Gasteiger partial charge in [-0.2, -0.15) is 0 Å². The van der Waals surface area contributed by atoms with E-state index in [1.165, 1.54) is 17.8 Å². The Morgan fingerprint density at radius 1 is 1.17 bits per heavy atom. The number of nitrogens with zero attached hydrogens (tertiary/aromatic N) is 1. The predicted octanol–water partition coefficient (Wildman–Crippen LogP) is 5.05. The van der Waals surface area contributed by atoms with E-state index in [2.05, 4.69) is 12.2 Å². The van der Waals surface area contributed by atoms with Crippen LogP contribution in [-0.2, 0) is 21.9 Å². The van der Waals surface area contributed by atoms with Crippen molar-refractivity contribution in [2.75, 3.05) is 12.3 Å². The number of rotatable bonds is 11. The molecule has 0 bridgehead atoms. The second kappa shape index (κ2) is 12.6. The van der Waals surface area contributed by atoms with Crippen LogP contribution in [0.2, 0.25) is 5.02 Å². The SMILES string of the molecule is CCCCNC(=O)C(C)N(Cc1ccc(Cl)cc1)C(=O)CSCc1ccccc1F. The van der Waals surface area contributed by atoms with Gasteiger partial charge in [0.15, 0.2) is 0 Å². The van der Waals surface area contributed by atoms with Gasteiger partial charge in [-0.15, -0.1) is 11.8 Å². The number of carbonyl (C=O) groups excluding carboxylic acids is 2. The number of thioether (sulfide) groups is 1. The molecule has 0 saturated heterocycles. The van der Waals surface area contributed by atoms with Crippen LogP contribution in [-0.4, -0.2) is 35.1 Å². The summed E-state index contributed by atoms with van der Waals surface area (Å²) in [6.45, 7) is 4.68. The predicted molar refractivity (Wildman–Crippen MR) is 122 cm³/mol. The van der Waals surface area contributed by atoms with E-state index in [1.807, 2.05) is 12.1 Å². The van der Waals surface area contributed by atoms with Crippen LogP contribution in [0.3, 0.4) is 0 Å². The lowest BCUT2D eigenvalue weighted by atomic mass is 10.1. The zero-order valence-corrected chi connectivity index (χ0v) is 18.9. The number of unbranched alkanes of at least 4 members (excludes halogenated alkanes) is 1. The molecule has 0 aliphatic rings. The highest BCUT2D eigenvalue weighted by Crippen LogP contribution is 2.18. The highest BCUT2D eigenvalue weighted by molar-refractivity contribution is 7.99. The molecule has 0 radical (unpaired) electrons. The third-order valence-electron chi connectivity index (χ3n) is 4.70. The van der Waals surface area contributed by atoms with Crippen molar-refractivity contribution in [1.82, 2.24) is 10.2 Å². The molecule has 2 aromatic rings. The summed E-state index contributed by atoms with van der Waals surface area (Å²) in [6, 6.07) is 13.1. The second-order valence-corrected chi connectivity index (χ2v) is 8.47.